The molecular weight excluding hydrogens is 244 g/mol. The number of aliphatic hydroxyl groups is 1. The Morgan fingerprint density at radius 2 is 2.37 bits per heavy atom. The van der Waals surface area contributed by atoms with Crippen LogP contribution in [-0.2, 0) is 21.6 Å². The molecule has 19 heavy (non-hydrogen) atoms. The molecule has 2 rings (SSSR count). The fraction of sp³-hybridized carbons (Fsp3) is 0.467. The van der Waals surface area contributed by atoms with E-state index in [1.165, 1.54) is 0 Å². The Bertz CT molecular complexity index is 491. The molecule has 4 heteroatoms. The average molecular weight is 262 g/mol. The Balaban J connectivity index is 2.48. The van der Waals surface area contributed by atoms with Crippen molar-refractivity contribution in [1.82, 2.24) is 0 Å². The van der Waals surface area contributed by atoms with Crippen molar-refractivity contribution < 1.29 is 19.4 Å². The fourth-order valence-corrected chi connectivity index (χ4v) is 2.69. The fourth-order valence-electron chi connectivity index (χ4n) is 2.69. The van der Waals surface area contributed by atoms with Crippen molar-refractivity contribution in [3.05, 3.63) is 35.6 Å². The Kier molecular flexibility index (Phi) is 4.25. The summed E-state index contributed by atoms with van der Waals surface area (Å²) in [6, 6.07) is 5.73. The minimum absolute atomic E-state index is 0.173. The molecule has 0 saturated heterocycles. The van der Waals surface area contributed by atoms with E-state index in [4.69, 9.17) is 9.47 Å². The second-order valence-electron chi connectivity index (χ2n) is 4.57. The molecule has 1 aromatic rings. The van der Waals surface area contributed by atoms with Crippen molar-refractivity contribution in [3.8, 4) is 5.75 Å². The lowest BCUT2D eigenvalue weighted by Gasteiger charge is -2.37. The maximum Gasteiger partial charge on any atom is 0.168 e. The number of benzene rings is 1. The summed E-state index contributed by atoms with van der Waals surface area (Å²) in [4.78, 5) is 10.4. The standard InChI is InChI=1S/C15H18O4/c1-2-18-14-7-3-6-13-12(14)5-4-8-15(13,11-17)19-10-9-16/h3,6-7,10,17H,2,4-5,8,11H2,1H3. The zero-order valence-electron chi connectivity index (χ0n) is 11.0. The van der Waals surface area contributed by atoms with Crippen LogP contribution in [0.25, 0.3) is 0 Å². The molecule has 4 nitrogen and oxygen atoms in total. The number of rotatable bonds is 5. The van der Waals surface area contributed by atoms with Gasteiger partial charge in [0.1, 0.15) is 5.75 Å². The van der Waals surface area contributed by atoms with E-state index in [1.54, 1.807) is 5.94 Å². The molecule has 0 aliphatic heterocycles. The van der Waals surface area contributed by atoms with Gasteiger partial charge < -0.3 is 14.6 Å². The van der Waals surface area contributed by atoms with Gasteiger partial charge in [0.2, 0.25) is 0 Å². The van der Waals surface area contributed by atoms with Crippen LogP contribution < -0.4 is 4.74 Å². The highest BCUT2D eigenvalue weighted by molar-refractivity contribution is 5.46. The van der Waals surface area contributed by atoms with Gasteiger partial charge in [-0.3, -0.25) is 0 Å². The maximum atomic E-state index is 10.4. The molecule has 0 fully saturated rings. The highest BCUT2D eigenvalue weighted by atomic mass is 16.5. The lowest BCUT2D eigenvalue weighted by atomic mass is 9.79. The van der Waals surface area contributed by atoms with Crippen molar-refractivity contribution in [1.29, 1.82) is 0 Å². The van der Waals surface area contributed by atoms with Crippen molar-refractivity contribution in [2.75, 3.05) is 13.2 Å². The lowest BCUT2D eigenvalue weighted by Crippen LogP contribution is -2.36. The largest absolute Gasteiger partial charge is 0.494 e. The summed E-state index contributed by atoms with van der Waals surface area (Å²) in [5.41, 5.74) is 1.11. The molecule has 0 aromatic heterocycles. The third-order valence-corrected chi connectivity index (χ3v) is 3.52. The first-order valence-corrected chi connectivity index (χ1v) is 6.50. The first-order valence-electron chi connectivity index (χ1n) is 6.50. The van der Waals surface area contributed by atoms with Crippen molar-refractivity contribution >= 4 is 5.94 Å². The minimum Gasteiger partial charge on any atom is -0.494 e. The summed E-state index contributed by atoms with van der Waals surface area (Å²) in [6.45, 7) is 2.36. The molecule has 1 aliphatic rings. The van der Waals surface area contributed by atoms with E-state index in [9.17, 15) is 9.90 Å². The van der Waals surface area contributed by atoms with E-state index in [0.29, 0.717) is 13.0 Å². The number of aliphatic hydroxyl groups excluding tert-OH is 1. The lowest BCUT2D eigenvalue weighted by molar-refractivity contribution is -0.0438. The molecule has 0 bridgehead atoms. The van der Waals surface area contributed by atoms with Gasteiger partial charge in [0.15, 0.2) is 17.8 Å². The molecule has 1 N–H and O–H groups in total. The molecule has 0 radical (unpaired) electrons. The molecule has 1 atom stereocenters. The first-order chi connectivity index (χ1) is 9.27. The van der Waals surface area contributed by atoms with Crippen LogP contribution in [0.1, 0.15) is 30.9 Å². The number of hydrogen-bond acceptors (Lipinski definition) is 4. The van der Waals surface area contributed by atoms with Gasteiger partial charge in [0, 0.05) is 11.1 Å². The SMILES string of the molecule is CCOc1cccc2c1CCCC2(CO)OC=C=O. The van der Waals surface area contributed by atoms with Crippen molar-refractivity contribution in [2.24, 2.45) is 0 Å². The molecular formula is C15H18O4. The highest BCUT2D eigenvalue weighted by Crippen LogP contribution is 2.41. The van der Waals surface area contributed by atoms with Crippen LogP contribution in [0.3, 0.4) is 0 Å². The van der Waals surface area contributed by atoms with E-state index < -0.39 is 5.60 Å². The van der Waals surface area contributed by atoms with Gasteiger partial charge in [-0.05, 0) is 32.3 Å². The minimum atomic E-state index is -0.849. The van der Waals surface area contributed by atoms with E-state index in [1.807, 2.05) is 25.1 Å². The third kappa shape index (κ3) is 2.50. The zero-order chi connectivity index (χ0) is 13.7. The maximum absolute atomic E-state index is 10.4. The number of ether oxygens (including phenoxy) is 2. The summed E-state index contributed by atoms with van der Waals surface area (Å²) < 4.78 is 11.1. The van der Waals surface area contributed by atoms with Gasteiger partial charge in [0.05, 0.1) is 13.2 Å². The van der Waals surface area contributed by atoms with Crippen LogP contribution in [0, 0.1) is 0 Å². The van der Waals surface area contributed by atoms with Crippen LogP contribution >= 0.6 is 0 Å². The predicted octanol–water partition coefficient (Wildman–Crippen LogP) is 1.97. The Morgan fingerprint density at radius 3 is 3.05 bits per heavy atom. The summed E-state index contributed by atoms with van der Waals surface area (Å²) in [5, 5.41) is 9.72. The van der Waals surface area contributed by atoms with E-state index in [-0.39, 0.29) is 6.61 Å². The summed E-state index contributed by atoms with van der Waals surface area (Å²) in [5.74, 6) is 2.43. The summed E-state index contributed by atoms with van der Waals surface area (Å²) >= 11 is 0. The van der Waals surface area contributed by atoms with Gasteiger partial charge in [-0.15, -0.1) is 0 Å². The van der Waals surface area contributed by atoms with Crippen LogP contribution in [0.5, 0.6) is 5.75 Å². The van der Waals surface area contributed by atoms with Crippen LogP contribution in [0.4, 0.5) is 0 Å². The normalized spacial score (nSPS) is 21.2. The number of fused-ring (bicyclic) bond motifs is 1. The quantitative estimate of drug-likeness (QED) is 0.651. The smallest absolute Gasteiger partial charge is 0.168 e. The molecule has 0 heterocycles. The average Bonchev–Trinajstić information content (AvgIpc) is 2.46. The van der Waals surface area contributed by atoms with Crippen molar-refractivity contribution in [2.45, 2.75) is 31.8 Å². The van der Waals surface area contributed by atoms with Gasteiger partial charge in [0.25, 0.3) is 0 Å². The second-order valence-corrected chi connectivity index (χ2v) is 4.57. The highest BCUT2D eigenvalue weighted by Gasteiger charge is 2.38. The molecule has 0 saturated carbocycles. The monoisotopic (exact) mass is 262 g/mol. The number of carbonyl (C=O) groups excluding carboxylic acids is 1. The van der Waals surface area contributed by atoms with Crippen LogP contribution in [0.2, 0.25) is 0 Å². The predicted molar refractivity (Wildman–Crippen MR) is 70.7 cm³/mol. The topological polar surface area (TPSA) is 55.8 Å². The molecule has 1 aliphatic carbocycles. The van der Waals surface area contributed by atoms with Crippen LogP contribution in [-0.4, -0.2) is 24.3 Å². The second kappa shape index (κ2) is 5.91. The van der Waals surface area contributed by atoms with Gasteiger partial charge in [-0.1, -0.05) is 12.1 Å². The Morgan fingerprint density at radius 1 is 1.53 bits per heavy atom. The molecule has 0 amide bonds. The summed E-state index contributed by atoms with van der Waals surface area (Å²) in [7, 11) is 0. The van der Waals surface area contributed by atoms with E-state index >= 15 is 0 Å². The first kappa shape index (κ1) is 13.7. The van der Waals surface area contributed by atoms with Crippen molar-refractivity contribution in [3.63, 3.8) is 0 Å². The summed E-state index contributed by atoms with van der Waals surface area (Å²) in [6.07, 6.45) is 3.43. The zero-order valence-corrected chi connectivity index (χ0v) is 11.0. The van der Waals surface area contributed by atoms with Gasteiger partial charge >= 0.3 is 0 Å². The van der Waals surface area contributed by atoms with E-state index in [2.05, 4.69) is 0 Å². The Labute approximate surface area is 112 Å². The van der Waals surface area contributed by atoms with E-state index in [0.717, 1.165) is 36.0 Å². The van der Waals surface area contributed by atoms with Gasteiger partial charge in [-0.2, -0.15) is 0 Å². The number of hydrogen-bond donors (Lipinski definition) is 1. The third-order valence-electron chi connectivity index (χ3n) is 3.52. The molecule has 0 spiro atoms. The molecule has 102 valence electrons. The Hall–Kier alpha value is -1.77. The molecule has 1 aromatic carbocycles. The van der Waals surface area contributed by atoms with Gasteiger partial charge in [-0.25, -0.2) is 4.79 Å². The van der Waals surface area contributed by atoms with Crippen LogP contribution in [0.15, 0.2) is 24.5 Å². The molecule has 1 unspecified atom stereocenters.